The van der Waals surface area contributed by atoms with Crippen LogP contribution in [0.25, 0.3) is 6.08 Å². The minimum atomic E-state index is -0.324. The lowest BCUT2D eigenvalue weighted by Gasteiger charge is -2.15. The molecule has 0 N–H and O–H groups in total. The van der Waals surface area contributed by atoms with Crippen LogP contribution in [0.3, 0.4) is 0 Å². The molecule has 5 nitrogen and oxygen atoms in total. The van der Waals surface area contributed by atoms with E-state index in [0.29, 0.717) is 41.0 Å². The van der Waals surface area contributed by atoms with Crippen molar-refractivity contribution in [1.82, 2.24) is 4.90 Å². The fraction of sp³-hybridized carbons (Fsp3) is 0.250. The molecule has 27 heavy (non-hydrogen) atoms. The molecule has 144 valence electrons. The summed E-state index contributed by atoms with van der Waals surface area (Å²) in [6.07, 6.45) is 3.09. The van der Waals surface area contributed by atoms with Gasteiger partial charge in [0.25, 0.3) is 0 Å². The minimum Gasteiger partial charge on any atom is -0.493 e. The number of likely N-dealkylation sites (N-methyl/N-ethyl adjacent to an activating group) is 1. The number of methoxy groups -OCH3 is 2. The second-order valence-electron chi connectivity index (χ2n) is 5.63. The first-order chi connectivity index (χ1) is 12.9. The molecule has 0 unspecified atom stereocenters. The molecule has 0 bridgehead atoms. The Morgan fingerprint density at radius 2 is 1.89 bits per heavy atom. The number of nitrogens with zero attached hydrogens (tertiary/aromatic N) is 1. The van der Waals surface area contributed by atoms with E-state index < -0.39 is 0 Å². The largest absolute Gasteiger partial charge is 0.493 e. The van der Waals surface area contributed by atoms with E-state index in [4.69, 9.17) is 25.8 Å². The van der Waals surface area contributed by atoms with E-state index in [-0.39, 0.29) is 11.7 Å². The molecule has 0 aliphatic carbocycles. The van der Waals surface area contributed by atoms with Crippen LogP contribution in [0.1, 0.15) is 5.56 Å². The lowest BCUT2D eigenvalue weighted by molar-refractivity contribution is -0.125. The number of hydrogen-bond donors (Lipinski definition) is 0. The van der Waals surface area contributed by atoms with Crippen molar-refractivity contribution in [1.29, 1.82) is 0 Å². The van der Waals surface area contributed by atoms with Gasteiger partial charge >= 0.3 is 0 Å². The molecular formula is C20H21ClFNO4. The zero-order valence-electron chi connectivity index (χ0n) is 15.4. The Bertz CT molecular complexity index is 808. The number of carbonyl (C=O) groups is 1. The van der Waals surface area contributed by atoms with Gasteiger partial charge in [0.05, 0.1) is 25.8 Å². The molecule has 0 atom stereocenters. The topological polar surface area (TPSA) is 48.0 Å². The molecular weight excluding hydrogens is 373 g/mol. The van der Waals surface area contributed by atoms with Crippen molar-refractivity contribution in [3.63, 3.8) is 0 Å². The van der Waals surface area contributed by atoms with Crippen molar-refractivity contribution in [2.75, 3.05) is 34.4 Å². The molecule has 2 rings (SSSR count). The summed E-state index contributed by atoms with van der Waals surface area (Å²) >= 11 is 6.15. The summed E-state index contributed by atoms with van der Waals surface area (Å²) in [5.74, 6) is 0.960. The lowest BCUT2D eigenvalue weighted by Crippen LogP contribution is -2.29. The Hall–Kier alpha value is -2.73. The summed E-state index contributed by atoms with van der Waals surface area (Å²) in [6.45, 7) is 0.678. The average Bonchev–Trinajstić information content (AvgIpc) is 2.66. The molecule has 1 amide bonds. The first-order valence-corrected chi connectivity index (χ1v) is 8.55. The van der Waals surface area contributed by atoms with Crippen molar-refractivity contribution in [2.24, 2.45) is 0 Å². The van der Waals surface area contributed by atoms with Crippen LogP contribution in [-0.2, 0) is 4.79 Å². The fourth-order valence-electron chi connectivity index (χ4n) is 2.27. The average molecular weight is 394 g/mol. The van der Waals surface area contributed by atoms with E-state index in [9.17, 15) is 9.18 Å². The maximum Gasteiger partial charge on any atom is 0.246 e. The van der Waals surface area contributed by atoms with Crippen molar-refractivity contribution in [3.05, 3.63) is 58.9 Å². The standard InChI is InChI=1S/C20H21ClFNO4/c1-23(10-11-27-16-7-5-15(22)6-8-16)19(24)9-4-14-12-17(21)20(26-3)18(13-14)25-2/h4-9,12-13H,10-11H2,1-3H3/b9-4+. The molecule has 0 radical (unpaired) electrons. The van der Waals surface area contributed by atoms with Crippen LogP contribution in [0, 0.1) is 5.82 Å². The van der Waals surface area contributed by atoms with Crippen LogP contribution in [0.5, 0.6) is 17.2 Å². The highest BCUT2D eigenvalue weighted by Crippen LogP contribution is 2.36. The second-order valence-corrected chi connectivity index (χ2v) is 6.04. The molecule has 0 aromatic heterocycles. The Labute approximate surface area is 162 Å². The van der Waals surface area contributed by atoms with Crippen LogP contribution in [-0.4, -0.2) is 45.2 Å². The van der Waals surface area contributed by atoms with Gasteiger partial charge in [0.2, 0.25) is 5.91 Å². The van der Waals surface area contributed by atoms with Gasteiger partial charge in [-0.3, -0.25) is 4.79 Å². The summed E-state index contributed by atoms with van der Waals surface area (Å²) in [4.78, 5) is 13.7. The normalized spacial score (nSPS) is 10.7. The maximum atomic E-state index is 12.8. The smallest absolute Gasteiger partial charge is 0.246 e. The number of carbonyl (C=O) groups excluding carboxylic acids is 1. The Kier molecular flexibility index (Phi) is 7.49. The van der Waals surface area contributed by atoms with Gasteiger partial charge in [0.15, 0.2) is 11.5 Å². The van der Waals surface area contributed by atoms with Crippen LogP contribution >= 0.6 is 11.6 Å². The SMILES string of the molecule is COc1cc(/C=C/C(=O)N(C)CCOc2ccc(F)cc2)cc(Cl)c1OC. The highest BCUT2D eigenvalue weighted by molar-refractivity contribution is 6.32. The summed E-state index contributed by atoms with van der Waals surface area (Å²) in [7, 11) is 4.69. The van der Waals surface area contributed by atoms with Gasteiger partial charge in [-0.15, -0.1) is 0 Å². The predicted molar refractivity (Wildman–Crippen MR) is 103 cm³/mol. The van der Waals surface area contributed by atoms with Crippen LogP contribution in [0.15, 0.2) is 42.5 Å². The van der Waals surface area contributed by atoms with Crippen LogP contribution in [0.2, 0.25) is 5.02 Å². The van der Waals surface area contributed by atoms with Gasteiger partial charge in [0, 0.05) is 13.1 Å². The zero-order chi connectivity index (χ0) is 19.8. The third-order valence-electron chi connectivity index (χ3n) is 3.76. The van der Waals surface area contributed by atoms with Crippen LogP contribution in [0.4, 0.5) is 4.39 Å². The molecule has 0 spiro atoms. The third kappa shape index (κ3) is 5.89. The summed E-state index contributed by atoms with van der Waals surface area (Å²) in [6, 6.07) is 9.13. The number of halogens is 2. The maximum absolute atomic E-state index is 12.8. The van der Waals surface area contributed by atoms with Gasteiger partial charge in [-0.2, -0.15) is 0 Å². The molecule has 0 fully saturated rings. The number of amides is 1. The first-order valence-electron chi connectivity index (χ1n) is 8.17. The number of rotatable bonds is 8. The van der Waals surface area contributed by atoms with Crippen molar-refractivity contribution < 1.29 is 23.4 Å². The Balaban J connectivity index is 1.91. The van der Waals surface area contributed by atoms with E-state index in [1.807, 2.05) is 0 Å². The molecule has 0 saturated carbocycles. The van der Waals surface area contributed by atoms with Crippen molar-refractivity contribution in [2.45, 2.75) is 0 Å². The van der Waals surface area contributed by atoms with E-state index in [0.717, 1.165) is 0 Å². The van der Waals surface area contributed by atoms with Gasteiger partial charge < -0.3 is 19.1 Å². The lowest BCUT2D eigenvalue weighted by atomic mass is 10.2. The highest BCUT2D eigenvalue weighted by Gasteiger charge is 2.10. The van der Waals surface area contributed by atoms with Gasteiger partial charge in [-0.1, -0.05) is 11.6 Å². The molecule has 0 aliphatic rings. The molecule has 0 heterocycles. The Morgan fingerprint density at radius 1 is 1.19 bits per heavy atom. The van der Waals surface area contributed by atoms with E-state index >= 15 is 0 Å². The van der Waals surface area contributed by atoms with Gasteiger partial charge in [-0.05, 0) is 48.0 Å². The molecule has 0 aliphatic heterocycles. The molecule has 7 heteroatoms. The second kappa shape index (κ2) is 9.83. The molecule has 0 saturated heterocycles. The Morgan fingerprint density at radius 3 is 2.52 bits per heavy atom. The summed E-state index contributed by atoms with van der Waals surface area (Å²) < 4.78 is 28.7. The van der Waals surface area contributed by atoms with Crippen LogP contribution < -0.4 is 14.2 Å². The van der Waals surface area contributed by atoms with Crippen molar-refractivity contribution >= 4 is 23.6 Å². The summed E-state index contributed by atoms with van der Waals surface area (Å²) in [5, 5.41) is 0.394. The van der Waals surface area contributed by atoms with E-state index in [1.54, 1.807) is 25.3 Å². The van der Waals surface area contributed by atoms with Gasteiger partial charge in [0.1, 0.15) is 18.2 Å². The summed E-state index contributed by atoms with van der Waals surface area (Å²) in [5.41, 5.74) is 0.710. The third-order valence-corrected chi connectivity index (χ3v) is 4.04. The monoisotopic (exact) mass is 393 g/mol. The molecule has 2 aromatic carbocycles. The first kappa shape index (κ1) is 20.6. The van der Waals surface area contributed by atoms with Crippen molar-refractivity contribution in [3.8, 4) is 17.2 Å². The number of hydrogen-bond acceptors (Lipinski definition) is 4. The predicted octanol–water partition coefficient (Wildman–Crippen LogP) is 4.05. The van der Waals surface area contributed by atoms with E-state index in [2.05, 4.69) is 0 Å². The van der Waals surface area contributed by atoms with Gasteiger partial charge in [-0.25, -0.2) is 4.39 Å². The fourth-order valence-corrected chi connectivity index (χ4v) is 2.57. The quantitative estimate of drug-likeness (QED) is 0.635. The zero-order valence-corrected chi connectivity index (χ0v) is 16.1. The molecule has 2 aromatic rings. The minimum absolute atomic E-state index is 0.191. The number of ether oxygens (including phenoxy) is 3. The van der Waals surface area contributed by atoms with E-state index in [1.165, 1.54) is 49.5 Å². The number of benzene rings is 2. The highest BCUT2D eigenvalue weighted by atomic mass is 35.5.